The second kappa shape index (κ2) is 12.5. The molecule has 6 nitrogen and oxygen atoms in total. The predicted molar refractivity (Wildman–Crippen MR) is 79.7 cm³/mol. The van der Waals surface area contributed by atoms with Crippen LogP contribution in [-0.4, -0.2) is 65.6 Å². The minimum Gasteiger partial charge on any atom is -0.379 e. The molecule has 0 aliphatic rings. The summed E-state index contributed by atoms with van der Waals surface area (Å²) < 4.78 is 39.1. The second-order valence-corrected chi connectivity index (χ2v) is 7.14. The van der Waals surface area contributed by atoms with Crippen LogP contribution in [0.15, 0.2) is 0 Å². The van der Waals surface area contributed by atoms with Crippen LogP contribution in [-0.2, 0) is 24.0 Å². The van der Waals surface area contributed by atoms with E-state index in [1.165, 1.54) is 0 Å². The van der Waals surface area contributed by atoms with Gasteiger partial charge in [0, 0.05) is 13.2 Å². The zero-order valence-corrected chi connectivity index (χ0v) is 13.5. The van der Waals surface area contributed by atoms with Gasteiger partial charge < -0.3 is 19.9 Å². The van der Waals surface area contributed by atoms with Crippen LogP contribution in [0.5, 0.6) is 0 Å². The van der Waals surface area contributed by atoms with E-state index in [1.54, 1.807) is 6.92 Å². The van der Waals surface area contributed by atoms with Gasteiger partial charge >= 0.3 is 0 Å². The molecule has 0 aromatic rings. The first kappa shape index (κ1) is 19.8. The van der Waals surface area contributed by atoms with Crippen molar-refractivity contribution in [2.75, 3.05) is 51.9 Å². The third-order valence-electron chi connectivity index (χ3n) is 2.84. The Bertz CT molecular complexity index is 308. The largest absolute Gasteiger partial charge is 0.379 e. The number of hydrogen-bond acceptors (Lipinski definition) is 6. The van der Waals surface area contributed by atoms with Crippen molar-refractivity contribution >= 4 is 9.84 Å². The van der Waals surface area contributed by atoms with Crippen LogP contribution in [0, 0.1) is 0 Å². The number of ether oxygens (including phenoxy) is 3. The Morgan fingerprint density at radius 3 is 1.95 bits per heavy atom. The highest BCUT2D eigenvalue weighted by Gasteiger charge is 2.18. The standard InChI is InChI=1S/C13H29NO5S/c1-3-4-5-17-6-7-18-8-9-19-10-11-20(15,16)13(2)12-14/h13H,3-12,14H2,1-2H3. The zero-order chi connectivity index (χ0) is 15.3. The first-order valence-electron chi connectivity index (χ1n) is 7.19. The lowest BCUT2D eigenvalue weighted by Gasteiger charge is -2.10. The van der Waals surface area contributed by atoms with E-state index in [0.29, 0.717) is 26.4 Å². The summed E-state index contributed by atoms with van der Waals surface area (Å²) in [6.07, 6.45) is 2.19. The maximum atomic E-state index is 11.6. The number of rotatable bonds is 14. The Kier molecular flexibility index (Phi) is 12.4. The maximum Gasteiger partial charge on any atom is 0.156 e. The molecular weight excluding hydrogens is 282 g/mol. The fourth-order valence-electron chi connectivity index (χ4n) is 1.31. The molecule has 1 unspecified atom stereocenters. The number of hydrogen-bond donors (Lipinski definition) is 1. The Balaban J connectivity index is 3.33. The summed E-state index contributed by atoms with van der Waals surface area (Å²) in [5, 5.41) is -0.511. The molecule has 0 bridgehead atoms. The summed E-state index contributed by atoms with van der Waals surface area (Å²) >= 11 is 0. The number of unbranched alkanes of at least 4 members (excludes halogenated alkanes) is 1. The topological polar surface area (TPSA) is 87.9 Å². The fourth-order valence-corrected chi connectivity index (χ4v) is 2.36. The normalized spacial score (nSPS) is 13.6. The van der Waals surface area contributed by atoms with Crippen LogP contribution in [0.1, 0.15) is 26.7 Å². The average molecular weight is 311 g/mol. The molecule has 0 spiro atoms. The molecule has 0 aliphatic carbocycles. The lowest BCUT2D eigenvalue weighted by atomic mass is 10.4. The Morgan fingerprint density at radius 2 is 1.45 bits per heavy atom. The van der Waals surface area contributed by atoms with Gasteiger partial charge in [-0.3, -0.25) is 0 Å². The van der Waals surface area contributed by atoms with Gasteiger partial charge in [-0.25, -0.2) is 8.42 Å². The summed E-state index contributed by atoms with van der Waals surface area (Å²) in [6, 6.07) is 0. The van der Waals surface area contributed by atoms with Crippen molar-refractivity contribution in [3.05, 3.63) is 0 Å². The molecule has 0 amide bonds. The van der Waals surface area contributed by atoms with Gasteiger partial charge in [0.05, 0.1) is 44.0 Å². The Labute approximate surface area is 122 Å². The van der Waals surface area contributed by atoms with Gasteiger partial charge in [-0.15, -0.1) is 0 Å². The first-order valence-corrected chi connectivity index (χ1v) is 8.91. The van der Waals surface area contributed by atoms with Gasteiger partial charge in [-0.1, -0.05) is 13.3 Å². The number of nitrogens with two attached hydrogens (primary N) is 1. The van der Waals surface area contributed by atoms with Gasteiger partial charge in [0.25, 0.3) is 0 Å². The quantitative estimate of drug-likeness (QED) is 0.473. The molecule has 0 rings (SSSR count). The van der Waals surface area contributed by atoms with Crippen molar-refractivity contribution in [3.8, 4) is 0 Å². The van der Waals surface area contributed by atoms with E-state index in [2.05, 4.69) is 6.92 Å². The third kappa shape index (κ3) is 10.6. The molecule has 122 valence electrons. The molecule has 0 heterocycles. The van der Waals surface area contributed by atoms with E-state index in [4.69, 9.17) is 19.9 Å². The fraction of sp³-hybridized carbons (Fsp3) is 1.00. The second-order valence-electron chi connectivity index (χ2n) is 4.60. The molecule has 1 atom stereocenters. The van der Waals surface area contributed by atoms with Gasteiger partial charge in [-0.05, 0) is 13.3 Å². The van der Waals surface area contributed by atoms with Crippen molar-refractivity contribution in [1.29, 1.82) is 0 Å². The molecule has 0 saturated heterocycles. The van der Waals surface area contributed by atoms with E-state index in [9.17, 15) is 8.42 Å². The minimum atomic E-state index is -3.13. The molecule has 7 heteroatoms. The summed E-state index contributed by atoms with van der Waals surface area (Å²) in [5.74, 6) is 0.00545. The van der Waals surface area contributed by atoms with Crippen molar-refractivity contribution < 1.29 is 22.6 Å². The van der Waals surface area contributed by atoms with Gasteiger partial charge in [-0.2, -0.15) is 0 Å². The summed E-state index contributed by atoms with van der Waals surface area (Å²) in [6.45, 7) is 6.78. The average Bonchev–Trinajstić information content (AvgIpc) is 2.43. The molecule has 20 heavy (non-hydrogen) atoms. The number of sulfone groups is 1. The van der Waals surface area contributed by atoms with Crippen molar-refractivity contribution in [1.82, 2.24) is 0 Å². The predicted octanol–water partition coefficient (Wildman–Crippen LogP) is 0.598. The first-order chi connectivity index (χ1) is 9.54. The Hall–Kier alpha value is -0.210. The molecule has 2 N–H and O–H groups in total. The van der Waals surface area contributed by atoms with Crippen molar-refractivity contribution in [3.63, 3.8) is 0 Å². The van der Waals surface area contributed by atoms with E-state index < -0.39 is 15.1 Å². The molecule has 0 aromatic heterocycles. The van der Waals surface area contributed by atoms with E-state index in [-0.39, 0.29) is 18.9 Å². The lowest BCUT2D eigenvalue weighted by Crippen LogP contribution is -2.30. The van der Waals surface area contributed by atoms with Gasteiger partial charge in [0.2, 0.25) is 0 Å². The summed E-state index contributed by atoms with van der Waals surface area (Å²) in [5.41, 5.74) is 5.34. The van der Waals surface area contributed by atoms with Crippen LogP contribution < -0.4 is 5.73 Å². The smallest absolute Gasteiger partial charge is 0.156 e. The molecule has 0 aromatic carbocycles. The summed E-state index contributed by atoms with van der Waals surface area (Å²) in [4.78, 5) is 0. The van der Waals surface area contributed by atoms with E-state index >= 15 is 0 Å². The van der Waals surface area contributed by atoms with E-state index in [0.717, 1.165) is 19.4 Å². The third-order valence-corrected chi connectivity index (χ3v) is 5.00. The highest BCUT2D eigenvalue weighted by Crippen LogP contribution is 2.00. The monoisotopic (exact) mass is 311 g/mol. The molecule has 0 aliphatic heterocycles. The highest BCUT2D eigenvalue weighted by molar-refractivity contribution is 7.92. The SMILES string of the molecule is CCCCOCCOCCOCCS(=O)(=O)C(C)CN. The Morgan fingerprint density at radius 1 is 0.950 bits per heavy atom. The van der Waals surface area contributed by atoms with Crippen LogP contribution in [0.2, 0.25) is 0 Å². The minimum absolute atomic E-state index is 0.00545. The maximum absolute atomic E-state index is 11.6. The molecular formula is C13H29NO5S. The van der Waals surface area contributed by atoms with Crippen LogP contribution >= 0.6 is 0 Å². The van der Waals surface area contributed by atoms with Gasteiger partial charge in [0.15, 0.2) is 9.84 Å². The van der Waals surface area contributed by atoms with Crippen molar-refractivity contribution in [2.24, 2.45) is 5.73 Å². The lowest BCUT2D eigenvalue weighted by molar-refractivity contribution is 0.0167. The van der Waals surface area contributed by atoms with Crippen molar-refractivity contribution in [2.45, 2.75) is 31.9 Å². The molecule has 0 fully saturated rings. The van der Waals surface area contributed by atoms with Crippen LogP contribution in [0.25, 0.3) is 0 Å². The van der Waals surface area contributed by atoms with E-state index in [1.807, 2.05) is 0 Å². The van der Waals surface area contributed by atoms with Crippen LogP contribution in [0.4, 0.5) is 0 Å². The molecule has 0 radical (unpaired) electrons. The van der Waals surface area contributed by atoms with Gasteiger partial charge in [0.1, 0.15) is 0 Å². The highest BCUT2D eigenvalue weighted by atomic mass is 32.2. The van der Waals surface area contributed by atoms with Crippen LogP contribution in [0.3, 0.4) is 0 Å². The summed E-state index contributed by atoms with van der Waals surface area (Å²) in [7, 11) is -3.13. The zero-order valence-electron chi connectivity index (χ0n) is 12.7. The molecule has 0 saturated carbocycles.